The summed E-state index contributed by atoms with van der Waals surface area (Å²) in [6.07, 6.45) is 2.16. The van der Waals surface area contributed by atoms with Gasteiger partial charge in [0.2, 0.25) is 5.91 Å². The number of nitrogens with zero attached hydrogens (tertiary/aromatic N) is 1. The zero-order valence-electron chi connectivity index (χ0n) is 15.4. The maximum absolute atomic E-state index is 12.7. The van der Waals surface area contributed by atoms with Crippen molar-refractivity contribution in [1.29, 1.82) is 0 Å². The zero-order valence-corrected chi connectivity index (χ0v) is 15.4. The quantitative estimate of drug-likeness (QED) is 0.665. The van der Waals surface area contributed by atoms with E-state index >= 15 is 0 Å². The molecule has 1 unspecified atom stereocenters. The summed E-state index contributed by atoms with van der Waals surface area (Å²) >= 11 is 0. The Balaban J connectivity index is 2.28. The lowest BCUT2D eigenvalue weighted by Crippen LogP contribution is -2.43. The molecular weight excluding hydrogens is 320 g/mol. The van der Waals surface area contributed by atoms with Crippen molar-refractivity contribution in [2.75, 3.05) is 6.54 Å². The average molecular weight is 348 g/mol. The van der Waals surface area contributed by atoms with Crippen molar-refractivity contribution in [3.05, 3.63) is 33.2 Å². The molecule has 2 rings (SSSR count). The summed E-state index contributed by atoms with van der Waals surface area (Å²) in [6.45, 7) is 7.42. The molecule has 0 spiro atoms. The molecule has 1 aliphatic carbocycles. The summed E-state index contributed by atoms with van der Waals surface area (Å²) in [6, 6.07) is 1.34. The lowest BCUT2D eigenvalue weighted by Gasteiger charge is -2.20. The van der Waals surface area contributed by atoms with E-state index in [1.807, 2.05) is 13.8 Å². The molecule has 1 aliphatic rings. The first-order valence-electron chi connectivity index (χ1n) is 8.76. The van der Waals surface area contributed by atoms with Gasteiger partial charge in [-0.05, 0) is 52.0 Å². The van der Waals surface area contributed by atoms with E-state index < -0.39 is 0 Å². The average Bonchev–Trinajstić information content (AvgIpc) is 3.32. The topological polar surface area (TPSA) is 106 Å². The fourth-order valence-electron chi connectivity index (χ4n) is 3.08. The third-order valence-corrected chi connectivity index (χ3v) is 4.51. The molecule has 1 atom stereocenters. The van der Waals surface area contributed by atoms with E-state index in [0.717, 1.165) is 12.8 Å². The molecular formula is C18H28N4O3. The molecule has 7 nitrogen and oxygen atoms in total. The van der Waals surface area contributed by atoms with Crippen LogP contribution >= 0.6 is 0 Å². The number of amides is 2. The molecule has 138 valence electrons. The van der Waals surface area contributed by atoms with Crippen LogP contribution in [0.1, 0.15) is 48.3 Å². The molecule has 0 saturated heterocycles. The minimum atomic E-state index is -0.289. The first-order chi connectivity index (χ1) is 11.7. The van der Waals surface area contributed by atoms with Gasteiger partial charge in [-0.2, -0.15) is 0 Å². The maximum atomic E-state index is 12.7. The maximum Gasteiger partial charge on any atom is 0.253 e. The number of hydrogen-bond donors (Lipinski definition) is 3. The highest BCUT2D eigenvalue weighted by Gasteiger charge is 2.32. The molecule has 0 radical (unpaired) electrons. The number of aromatic nitrogens is 1. The van der Waals surface area contributed by atoms with Gasteiger partial charge in [0.1, 0.15) is 6.54 Å². The highest BCUT2D eigenvalue weighted by atomic mass is 16.2. The number of hydrogen-bond acceptors (Lipinski definition) is 4. The van der Waals surface area contributed by atoms with Gasteiger partial charge in [0.05, 0.1) is 5.56 Å². The van der Waals surface area contributed by atoms with Crippen LogP contribution in [-0.4, -0.2) is 35.0 Å². The summed E-state index contributed by atoms with van der Waals surface area (Å²) in [7, 11) is 0. The Hall–Kier alpha value is -2.15. The fourth-order valence-corrected chi connectivity index (χ4v) is 3.08. The van der Waals surface area contributed by atoms with Crippen molar-refractivity contribution in [2.45, 2.75) is 59.2 Å². The van der Waals surface area contributed by atoms with Crippen molar-refractivity contribution in [3.8, 4) is 0 Å². The number of aryl methyl sites for hydroxylation is 1. The summed E-state index contributed by atoms with van der Waals surface area (Å²) < 4.78 is 1.34. The van der Waals surface area contributed by atoms with Crippen LogP contribution in [0.15, 0.2) is 10.9 Å². The molecule has 0 aliphatic heterocycles. The van der Waals surface area contributed by atoms with Gasteiger partial charge in [-0.1, -0.05) is 0 Å². The number of nitrogens with two attached hydrogens (primary N) is 1. The Kier molecular flexibility index (Phi) is 6.00. The van der Waals surface area contributed by atoms with E-state index in [1.54, 1.807) is 13.8 Å². The molecule has 4 N–H and O–H groups in total. The van der Waals surface area contributed by atoms with E-state index in [4.69, 9.17) is 5.73 Å². The van der Waals surface area contributed by atoms with Crippen LogP contribution in [0.2, 0.25) is 0 Å². The van der Waals surface area contributed by atoms with E-state index in [9.17, 15) is 14.4 Å². The minimum absolute atomic E-state index is 0.0134. The second kappa shape index (κ2) is 7.82. The van der Waals surface area contributed by atoms with Gasteiger partial charge in [0, 0.05) is 30.4 Å². The van der Waals surface area contributed by atoms with Crippen LogP contribution < -0.4 is 21.9 Å². The van der Waals surface area contributed by atoms with Gasteiger partial charge in [0.15, 0.2) is 0 Å². The van der Waals surface area contributed by atoms with Crippen molar-refractivity contribution in [1.82, 2.24) is 15.2 Å². The van der Waals surface area contributed by atoms with E-state index in [0.29, 0.717) is 29.3 Å². The van der Waals surface area contributed by atoms with Crippen LogP contribution in [0.25, 0.3) is 0 Å². The van der Waals surface area contributed by atoms with Crippen LogP contribution in [0, 0.1) is 19.8 Å². The highest BCUT2D eigenvalue weighted by Crippen LogP contribution is 2.32. The van der Waals surface area contributed by atoms with Gasteiger partial charge in [-0.3, -0.25) is 14.4 Å². The molecule has 1 heterocycles. The SMILES string of the molecule is Cc1cc(=O)n(CC(=O)NC(C)C)c(C)c1C(=O)NC(CN)C1CC1. The van der Waals surface area contributed by atoms with Gasteiger partial charge < -0.3 is 20.9 Å². The molecule has 1 saturated carbocycles. The van der Waals surface area contributed by atoms with Crippen LogP contribution in [0.4, 0.5) is 0 Å². The number of carbonyl (C=O) groups is 2. The zero-order chi connectivity index (χ0) is 18.7. The number of rotatable bonds is 7. The Morgan fingerprint density at radius 3 is 2.44 bits per heavy atom. The second-order valence-corrected chi connectivity index (χ2v) is 7.09. The third kappa shape index (κ3) is 4.69. The molecule has 2 amide bonds. The summed E-state index contributed by atoms with van der Waals surface area (Å²) in [4.78, 5) is 37.0. The molecule has 25 heavy (non-hydrogen) atoms. The molecule has 1 aromatic rings. The predicted molar refractivity (Wildman–Crippen MR) is 96.5 cm³/mol. The standard InChI is InChI=1S/C18H28N4O3/c1-10(2)20-15(23)9-22-12(4)17(11(3)7-16(22)24)18(25)21-14(8-19)13-5-6-13/h7,10,13-14H,5-6,8-9,19H2,1-4H3,(H,20,23)(H,21,25). The Morgan fingerprint density at radius 1 is 1.28 bits per heavy atom. The van der Waals surface area contributed by atoms with Gasteiger partial charge in [-0.25, -0.2) is 0 Å². The van der Waals surface area contributed by atoms with Gasteiger partial charge >= 0.3 is 0 Å². The van der Waals surface area contributed by atoms with Crippen LogP contribution in [-0.2, 0) is 11.3 Å². The second-order valence-electron chi connectivity index (χ2n) is 7.09. The number of carbonyl (C=O) groups excluding carboxylic acids is 2. The van der Waals surface area contributed by atoms with E-state index in [-0.39, 0.29) is 36.0 Å². The van der Waals surface area contributed by atoms with Gasteiger partial charge in [0.25, 0.3) is 11.5 Å². The normalized spacial score (nSPS) is 15.1. The first kappa shape index (κ1) is 19.2. The number of nitrogens with one attached hydrogen (secondary N) is 2. The summed E-state index contributed by atoms with van der Waals surface area (Å²) in [5.74, 6) is -0.0547. The van der Waals surface area contributed by atoms with Crippen molar-refractivity contribution in [3.63, 3.8) is 0 Å². The van der Waals surface area contributed by atoms with E-state index in [2.05, 4.69) is 10.6 Å². The molecule has 0 aromatic carbocycles. The van der Waals surface area contributed by atoms with Gasteiger partial charge in [-0.15, -0.1) is 0 Å². The summed E-state index contributed by atoms with van der Waals surface area (Å²) in [5, 5.41) is 5.74. The third-order valence-electron chi connectivity index (χ3n) is 4.51. The van der Waals surface area contributed by atoms with Crippen molar-refractivity contribution >= 4 is 11.8 Å². The summed E-state index contributed by atoms with van der Waals surface area (Å²) in [5.41, 5.74) is 7.01. The van der Waals surface area contributed by atoms with E-state index in [1.165, 1.54) is 10.6 Å². The lowest BCUT2D eigenvalue weighted by molar-refractivity contribution is -0.122. The molecule has 0 bridgehead atoms. The highest BCUT2D eigenvalue weighted by molar-refractivity contribution is 5.97. The minimum Gasteiger partial charge on any atom is -0.352 e. The molecule has 7 heteroatoms. The van der Waals surface area contributed by atoms with Crippen molar-refractivity contribution in [2.24, 2.45) is 11.7 Å². The molecule has 1 aromatic heterocycles. The number of pyridine rings is 1. The Labute approximate surface area is 148 Å². The largest absolute Gasteiger partial charge is 0.352 e. The Bertz CT molecular complexity index is 720. The Morgan fingerprint density at radius 2 is 1.92 bits per heavy atom. The monoisotopic (exact) mass is 348 g/mol. The van der Waals surface area contributed by atoms with Crippen molar-refractivity contribution < 1.29 is 9.59 Å². The molecule has 1 fully saturated rings. The fraction of sp³-hybridized carbons (Fsp3) is 0.611. The smallest absolute Gasteiger partial charge is 0.253 e. The lowest BCUT2D eigenvalue weighted by atomic mass is 10.1. The van der Waals surface area contributed by atoms with Crippen LogP contribution in [0.5, 0.6) is 0 Å². The predicted octanol–water partition coefficient (Wildman–Crippen LogP) is 0.457. The van der Waals surface area contributed by atoms with Crippen LogP contribution in [0.3, 0.4) is 0 Å². The first-order valence-corrected chi connectivity index (χ1v) is 8.76.